The average molecular weight is 581 g/mol. The lowest BCUT2D eigenvalue weighted by molar-refractivity contribution is -0.137. The molecule has 6 rings (SSSR count). The van der Waals surface area contributed by atoms with Gasteiger partial charge in [0.25, 0.3) is 0 Å². The van der Waals surface area contributed by atoms with E-state index in [9.17, 15) is 23.1 Å². The number of aromatic nitrogens is 4. The molecule has 2 N–H and O–H groups in total. The molecule has 1 saturated heterocycles. The van der Waals surface area contributed by atoms with Crippen LogP contribution in [-0.4, -0.2) is 62.9 Å². The minimum absolute atomic E-state index is 0.0316. The number of nitrogens with zero attached hydrogens (tertiary/aromatic N) is 5. The van der Waals surface area contributed by atoms with Gasteiger partial charge in [-0.25, -0.2) is 19.7 Å². The van der Waals surface area contributed by atoms with Gasteiger partial charge in [0.05, 0.1) is 18.8 Å². The highest BCUT2D eigenvalue weighted by molar-refractivity contribution is 5.92. The molecule has 4 aromatic rings. The van der Waals surface area contributed by atoms with Gasteiger partial charge in [0, 0.05) is 36.9 Å². The number of nitrogens with one attached hydrogen (secondary N) is 1. The number of imidazole rings is 1. The van der Waals surface area contributed by atoms with Crippen LogP contribution in [-0.2, 0) is 17.5 Å². The summed E-state index contributed by atoms with van der Waals surface area (Å²) < 4.78 is 47.0. The Bertz CT molecular complexity index is 1580. The number of fused-ring (bicyclic) bond motifs is 1. The minimum Gasteiger partial charge on any atom is -0.475 e. The topological polar surface area (TPSA) is 105 Å². The third-order valence-electron chi connectivity index (χ3n) is 8.14. The lowest BCUT2D eigenvalue weighted by Crippen LogP contribution is -2.36. The molecule has 0 spiro atoms. The van der Waals surface area contributed by atoms with Gasteiger partial charge < -0.3 is 24.6 Å². The molecule has 2 fully saturated rings. The largest absolute Gasteiger partial charge is 0.475 e. The molecule has 42 heavy (non-hydrogen) atoms. The van der Waals surface area contributed by atoms with Gasteiger partial charge >= 0.3 is 12.1 Å². The van der Waals surface area contributed by atoms with Crippen molar-refractivity contribution < 1.29 is 27.8 Å². The van der Waals surface area contributed by atoms with Crippen LogP contribution in [0.2, 0.25) is 0 Å². The number of aromatic carboxylic acids is 1. The van der Waals surface area contributed by atoms with Gasteiger partial charge in [0.15, 0.2) is 11.5 Å². The van der Waals surface area contributed by atoms with Crippen molar-refractivity contribution in [2.45, 2.75) is 44.9 Å². The molecular weight excluding hydrogens is 549 g/mol. The van der Waals surface area contributed by atoms with Crippen molar-refractivity contribution in [3.05, 3.63) is 65.5 Å². The summed E-state index contributed by atoms with van der Waals surface area (Å²) in [5.74, 6) is -0.368. The summed E-state index contributed by atoms with van der Waals surface area (Å²) in [7, 11) is 0. The number of carbonyl (C=O) groups is 1. The first kappa shape index (κ1) is 28.0. The molecule has 0 radical (unpaired) electrons. The second-order valence-corrected chi connectivity index (χ2v) is 10.9. The maximum atomic E-state index is 13.2. The number of halogens is 3. The Morgan fingerprint density at radius 1 is 1.05 bits per heavy atom. The van der Waals surface area contributed by atoms with Crippen LogP contribution >= 0.6 is 0 Å². The number of benzene rings is 2. The monoisotopic (exact) mass is 580 g/mol. The van der Waals surface area contributed by atoms with Crippen LogP contribution in [0.25, 0.3) is 22.6 Å². The van der Waals surface area contributed by atoms with Crippen molar-refractivity contribution in [3.8, 4) is 11.4 Å². The van der Waals surface area contributed by atoms with Crippen molar-refractivity contribution >= 4 is 28.6 Å². The molecule has 0 unspecified atom stereocenters. The molecule has 1 aliphatic heterocycles. The molecule has 2 aromatic heterocycles. The van der Waals surface area contributed by atoms with Crippen LogP contribution in [0.1, 0.15) is 47.9 Å². The van der Waals surface area contributed by atoms with Gasteiger partial charge in [0.1, 0.15) is 11.3 Å². The maximum Gasteiger partial charge on any atom is 0.416 e. The van der Waals surface area contributed by atoms with Gasteiger partial charge in [-0.3, -0.25) is 0 Å². The Morgan fingerprint density at radius 3 is 2.33 bits per heavy atom. The van der Waals surface area contributed by atoms with Crippen LogP contribution in [0.5, 0.6) is 0 Å². The number of hydrogen-bond donors (Lipinski definition) is 2. The fourth-order valence-electron chi connectivity index (χ4n) is 5.50. The summed E-state index contributed by atoms with van der Waals surface area (Å²) in [6, 6.07) is 12.9. The van der Waals surface area contributed by atoms with Gasteiger partial charge in [-0.15, -0.1) is 0 Å². The lowest BCUT2D eigenvalue weighted by atomic mass is 9.80. The van der Waals surface area contributed by atoms with Crippen molar-refractivity contribution in [3.63, 3.8) is 0 Å². The van der Waals surface area contributed by atoms with Crippen LogP contribution in [0, 0.1) is 5.92 Å². The second kappa shape index (κ2) is 11.2. The van der Waals surface area contributed by atoms with Gasteiger partial charge in [-0.2, -0.15) is 13.2 Å². The molecule has 2 aliphatic rings. The van der Waals surface area contributed by atoms with Crippen molar-refractivity contribution in [1.29, 1.82) is 0 Å². The number of carboxylic acid groups (broad SMARTS) is 1. The van der Waals surface area contributed by atoms with E-state index >= 15 is 0 Å². The van der Waals surface area contributed by atoms with E-state index in [0.717, 1.165) is 55.7 Å². The zero-order chi connectivity index (χ0) is 29.4. The van der Waals surface area contributed by atoms with Gasteiger partial charge in [-0.05, 0) is 67.6 Å². The fourth-order valence-corrected chi connectivity index (χ4v) is 5.50. The summed E-state index contributed by atoms with van der Waals surface area (Å²) in [6.45, 7) is 5.10. The predicted octanol–water partition coefficient (Wildman–Crippen LogP) is 5.70. The SMILES string of the molecule is C[C@@H](Nc1nc(C(=O)O)nc2nc(-c3ccc(N4CCOCC4)cc3)n(Cc3ccc(C(F)(F)F)cc3)c12)C1CCC1. The van der Waals surface area contributed by atoms with Gasteiger partial charge in [-0.1, -0.05) is 18.6 Å². The van der Waals surface area contributed by atoms with Crippen molar-refractivity contribution in [2.75, 3.05) is 36.5 Å². The minimum atomic E-state index is -4.44. The molecule has 220 valence electrons. The zero-order valence-electron chi connectivity index (χ0n) is 23.1. The standard InChI is InChI=1S/C30H31F3N6O3/c1-18(20-3-2-4-20)34-25-24-26(36-27(35-25)29(40)41)37-28(21-7-11-23(12-8-21)38-13-15-42-16-14-38)39(24)17-19-5-9-22(10-6-19)30(31,32)33/h5-12,18,20H,2-4,13-17H2,1H3,(H,40,41)(H,34,35,36)/t18-/m1/s1. The second-order valence-electron chi connectivity index (χ2n) is 10.9. The zero-order valence-corrected chi connectivity index (χ0v) is 23.1. The highest BCUT2D eigenvalue weighted by Crippen LogP contribution is 2.35. The number of rotatable bonds is 8. The van der Waals surface area contributed by atoms with Crippen molar-refractivity contribution in [1.82, 2.24) is 19.5 Å². The lowest BCUT2D eigenvalue weighted by Gasteiger charge is -2.32. The normalized spacial score (nSPS) is 16.8. The third-order valence-corrected chi connectivity index (χ3v) is 8.14. The molecule has 3 heterocycles. The van der Waals surface area contributed by atoms with E-state index in [0.29, 0.717) is 41.9 Å². The first-order valence-corrected chi connectivity index (χ1v) is 14.0. The first-order valence-electron chi connectivity index (χ1n) is 14.0. The van der Waals surface area contributed by atoms with E-state index in [1.54, 1.807) is 0 Å². The molecule has 1 saturated carbocycles. The quantitative estimate of drug-likeness (QED) is 0.274. The Hall–Kier alpha value is -4.19. The number of alkyl halides is 3. The molecule has 1 atom stereocenters. The summed E-state index contributed by atoms with van der Waals surface area (Å²) in [5.41, 5.74) is 2.38. The molecular formula is C30H31F3N6O3. The first-order chi connectivity index (χ1) is 20.2. The summed E-state index contributed by atoms with van der Waals surface area (Å²) >= 11 is 0. The molecule has 9 nitrogen and oxygen atoms in total. The van der Waals surface area contributed by atoms with Gasteiger partial charge in [0.2, 0.25) is 5.82 Å². The number of anilines is 2. The van der Waals surface area contributed by atoms with Crippen LogP contribution in [0.3, 0.4) is 0 Å². The smallest absolute Gasteiger partial charge is 0.416 e. The summed E-state index contributed by atoms with van der Waals surface area (Å²) in [4.78, 5) is 27.6. The Balaban J connectivity index is 1.46. The molecule has 1 aliphatic carbocycles. The average Bonchev–Trinajstić information content (AvgIpc) is 3.30. The Labute approximate surface area is 240 Å². The van der Waals surface area contributed by atoms with E-state index in [1.807, 2.05) is 35.8 Å². The summed E-state index contributed by atoms with van der Waals surface area (Å²) in [5, 5.41) is 13.2. The summed E-state index contributed by atoms with van der Waals surface area (Å²) in [6.07, 6.45) is -1.16. The van der Waals surface area contributed by atoms with Crippen LogP contribution < -0.4 is 10.2 Å². The predicted molar refractivity (Wildman–Crippen MR) is 152 cm³/mol. The Morgan fingerprint density at radius 2 is 1.74 bits per heavy atom. The van der Waals surface area contributed by atoms with E-state index in [1.165, 1.54) is 12.1 Å². The number of carboxylic acids is 1. The van der Waals surface area contributed by atoms with E-state index in [4.69, 9.17) is 9.72 Å². The number of morpholine rings is 1. The highest BCUT2D eigenvalue weighted by Gasteiger charge is 2.30. The highest BCUT2D eigenvalue weighted by atomic mass is 19.4. The number of ether oxygens (including phenoxy) is 1. The third kappa shape index (κ3) is 5.63. The van der Waals surface area contributed by atoms with E-state index in [2.05, 4.69) is 20.2 Å². The molecule has 2 aromatic carbocycles. The van der Waals surface area contributed by atoms with E-state index < -0.39 is 17.7 Å². The maximum absolute atomic E-state index is 13.2. The Kier molecular flexibility index (Phi) is 7.48. The molecule has 0 bridgehead atoms. The van der Waals surface area contributed by atoms with E-state index in [-0.39, 0.29) is 24.1 Å². The molecule has 12 heteroatoms. The van der Waals surface area contributed by atoms with Crippen LogP contribution in [0.15, 0.2) is 48.5 Å². The number of hydrogen-bond acceptors (Lipinski definition) is 7. The molecule has 0 amide bonds. The fraction of sp³-hybridized carbons (Fsp3) is 0.400. The van der Waals surface area contributed by atoms with Crippen LogP contribution in [0.4, 0.5) is 24.7 Å². The van der Waals surface area contributed by atoms with Crippen molar-refractivity contribution in [2.24, 2.45) is 5.92 Å².